The number of carbonyl (C=O) groups is 1. The lowest BCUT2D eigenvalue weighted by Gasteiger charge is -2.33. The van der Waals surface area contributed by atoms with Crippen molar-refractivity contribution in [3.63, 3.8) is 0 Å². The molecule has 2 rings (SSSR count). The second-order valence-electron chi connectivity index (χ2n) is 5.75. The van der Waals surface area contributed by atoms with Crippen LogP contribution < -0.4 is 0 Å². The zero-order valence-electron chi connectivity index (χ0n) is 10.9. The Morgan fingerprint density at radius 1 is 1.00 bits per heavy atom. The van der Waals surface area contributed by atoms with Crippen molar-refractivity contribution >= 4 is 5.97 Å². The Kier molecular flexibility index (Phi) is 4.57. The van der Waals surface area contributed by atoms with E-state index >= 15 is 0 Å². The molecule has 4 atom stereocenters. The van der Waals surface area contributed by atoms with E-state index in [1.807, 2.05) is 0 Å². The first kappa shape index (κ1) is 13.8. The quantitative estimate of drug-likeness (QED) is 0.709. The van der Waals surface area contributed by atoms with Crippen LogP contribution in [0.1, 0.15) is 51.9 Å². The van der Waals surface area contributed by atoms with Crippen molar-refractivity contribution < 1.29 is 18.3 Å². The molecule has 0 radical (unpaired) electrons. The molecule has 104 valence electrons. The smallest absolute Gasteiger partial charge is 0.309 e. The minimum Gasteiger partial charge on any atom is -0.459 e. The number of esters is 1. The van der Waals surface area contributed by atoms with Crippen molar-refractivity contribution in [2.75, 3.05) is 0 Å². The molecular weight excluding hydrogens is 238 g/mol. The minimum atomic E-state index is -1.65. The number of rotatable bonds is 2. The van der Waals surface area contributed by atoms with E-state index in [0.717, 1.165) is 32.1 Å². The third-order valence-corrected chi connectivity index (χ3v) is 4.32. The molecule has 18 heavy (non-hydrogen) atoms. The van der Waals surface area contributed by atoms with Gasteiger partial charge in [-0.1, -0.05) is 26.2 Å². The first-order chi connectivity index (χ1) is 8.59. The molecule has 2 fully saturated rings. The Morgan fingerprint density at radius 3 is 2.33 bits per heavy atom. The van der Waals surface area contributed by atoms with Gasteiger partial charge in [0.2, 0.25) is 0 Å². The number of hydrogen-bond acceptors (Lipinski definition) is 2. The predicted octanol–water partition coefficient (Wildman–Crippen LogP) is 3.58. The topological polar surface area (TPSA) is 26.3 Å². The standard InChI is InChI=1S/C14H22F2O2/c1-9-7-8-11(13(16)12(9)15)18-14(17)10-5-3-2-4-6-10/h9-13H,2-8H2,1H3. The van der Waals surface area contributed by atoms with Crippen molar-refractivity contribution in [2.45, 2.75) is 70.3 Å². The van der Waals surface area contributed by atoms with E-state index in [0.29, 0.717) is 12.8 Å². The van der Waals surface area contributed by atoms with E-state index in [-0.39, 0.29) is 17.8 Å². The van der Waals surface area contributed by atoms with Crippen molar-refractivity contribution in [2.24, 2.45) is 11.8 Å². The van der Waals surface area contributed by atoms with Gasteiger partial charge >= 0.3 is 5.97 Å². The molecule has 0 saturated heterocycles. The molecule has 0 spiro atoms. The molecule has 0 aromatic heterocycles. The maximum atomic E-state index is 13.8. The van der Waals surface area contributed by atoms with Crippen molar-refractivity contribution in [1.82, 2.24) is 0 Å². The van der Waals surface area contributed by atoms with Crippen molar-refractivity contribution in [1.29, 1.82) is 0 Å². The normalized spacial score (nSPS) is 38.4. The van der Waals surface area contributed by atoms with Gasteiger partial charge in [0.1, 0.15) is 12.3 Å². The van der Waals surface area contributed by atoms with Crippen LogP contribution in [0.5, 0.6) is 0 Å². The van der Waals surface area contributed by atoms with Crippen LogP contribution in [0.3, 0.4) is 0 Å². The van der Waals surface area contributed by atoms with Gasteiger partial charge in [-0.25, -0.2) is 8.78 Å². The Balaban J connectivity index is 1.86. The molecule has 0 bridgehead atoms. The average Bonchev–Trinajstić information content (AvgIpc) is 2.40. The van der Waals surface area contributed by atoms with Gasteiger partial charge in [0.25, 0.3) is 0 Å². The van der Waals surface area contributed by atoms with Gasteiger partial charge < -0.3 is 4.74 Å². The lowest BCUT2D eigenvalue weighted by atomic mass is 9.85. The molecule has 0 N–H and O–H groups in total. The van der Waals surface area contributed by atoms with E-state index < -0.39 is 18.4 Å². The molecule has 0 heterocycles. The summed E-state index contributed by atoms with van der Waals surface area (Å²) in [4.78, 5) is 11.9. The minimum absolute atomic E-state index is 0.0941. The van der Waals surface area contributed by atoms with Crippen LogP contribution >= 0.6 is 0 Å². The summed E-state index contributed by atoms with van der Waals surface area (Å²) in [6.07, 6.45) is 1.90. The molecule has 0 aromatic carbocycles. The number of halogens is 2. The molecule has 0 aromatic rings. The zero-order chi connectivity index (χ0) is 13.1. The summed E-state index contributed by atoms with van der Waals surface area (Å²) in [5.74, 6) is -0.683. The number of hydrogen-bond donors (Lipinski definition) is 0. The molecule has 2 aliphatic rings. The van der Waals surface area contributed by atoms with Gasteiger partial charge in [-0.3, -0.25) is 4.79 Å². The van der Waals surface area contributed by atoms with E-state index in [2.05, 4.69) is 0 Å². The second-order valence-corrected chi connectivity index (χ2v) is 5.75. The maximum absolute atomic E-state index is 13.8. The highest BCUT2D eigenvalue weighted by Crippen LogP contribution is 2.33. The maximum Gasteiger partial charge on any atom is 0.309 e. The molecule has 2 aliphatic carbocycles. The summed E-state index contributed by atoms with van der Waals surface area (Å²) in [6.45, 7) is 1.70. The van der Waals surface area contributed by atoms with Crippen molar-refractivity contribution in [3.8, 4) is 0 Å². The lowest BCUT2D eigenvalue weighted by Crippen LogP contribution is -2.43. The second kappa shape index (κ2) is 5.98. The Bertz CT molecular complexity index is 290. The van der Waals surface area contributed by atoms with Crippen LogP contribution in [0.15, 0.2) is 0 Å². The van der Waals surface area contributed by atoms with Crippen LogP contribution in [-0.4, -0.2) is 24.4 Å². The van der Waals surface area contributed by atoms with Gasteiger partial charge in [-0.2, -0.15) is 0 Å². The highest BCUT2D eigenvalue weighted by molar-refractivity contribution is 5.72. The van der Waals surface area contributed by atoms with E-state index in [1.54, 1.807) is 6.92 Å². The van der Waals surface area contributed by atoms with Gasteiger partial charge in [-0.05, 0) is 31.6 Å². The average molecular weight is 260 g/mol. The summed E-state index contributed by atoms with van der Waals surface area (Å²) in [5, 5.41) is 0. The summed E-state index contributed by atoms with van der Waals surface area (Å²) in [6, 6.07) is 0. The Hall–Kier alpha value is -0.670. The monoisotopic (exact) mass is 260 g/mol. The predicted molar refractivity (Wildman–Crippen MR) is 64.6 cm³/mol. The lowest BCUT2D eigenvalue weighted by molar-refractivity contribution is -0.164. The van der Waals surface area contributed by atoms with E-state index in [4.69, 9.17) is 4.74 Å². The molecule has 2 saturated carbocycles. The molecule has 2 nitrogen and oxygen atoms in total. The van der Waals surface area contributed by atoms with Crippen LogP contribution in [0, 0.1) is 11.8 Å². The molecule has 0 aliphatic heterocycles. The first-order valence-electron chi connectivity index (χ1n) is 7.08. The number of carbonyl (C=O) groups excluding carboxylic acids is 1. The Morgan fingerprint density at radius 2 is 1.67 bits per heavy atom. The summed E-state index contributed by atoms with van der Waals surface area (Å²) in [5.41, 5.74) is 0. The third-order valence-electron chi connectivity index (χ3n) is 4.32. The molecular formula is C14H22F2O2. The molecule has 4 unspecified atom stereocenters. The first-order valence-corrected chi connectivity index (χ1v) is 7.08. The van der Waals surface area contributed by atoms with Crippen LogP contribution in [0.2, 0.25) is 0 Å². The van der Waals surface area contributed by atoms with E-state index in [1.165, 1.54) is 0 Å². The van der Waals surface area contributed by atoms with Gasteiger partial charge in [-0.15, -0.1) is 0 Å². The van der Waals surface area contributed by atoms with Gasteiger partial charge in [0, 0.05) is 0 Å². The van der Waals surface area contributed by atoms with Gasteiger partial charge in [0.05, 0.1) is 5.92 Å². The number of alkyl halides is 2. The summed E-state index contributed by atoms with van der Waals surface area (Å²) >= 11 is 0. The Labute approximate surface area is 107 Å². The number of ether oxygens (including phenoxy) is 1. The fourth-order valence-corrected chi connectivity index (χ4v) is 2.97. The molecule has 4 heteroatoms. The van der Waals surface area contributed by atoms with Crippen LogP contribution in [0.25, 0.3) is 0 Å². The van der Waals surface area contributed by atoms with E-state index in [9.17, 15) is 13.6 Å². The highest BCUT2D eigenvalue weighted by atomic mass is 19.2. The summed E-state index contributed by atoms with van der Waals surface area (Å²) in [7, 11) is 0. The summed E-state index contributed by atoms with van der Waals surface area (Å²) < 4.78 is 32.5. The fraction of sp³-hybridized carbons (Fsp3) is 0.929. The fourth-order valence-electron chi connectivity index (χ4n) is 2.97. The van der Waals surface area contributed by atoms with Gasteiger partial charge in [0.15, 0.2) is 6.17 Å². The molecule has 0 amide bonds. The SMILES string of the molecule is CC1CCC(OC(=O)C2CCCCC2)C(F)C1F. The third kappa shape index (κ3) is 3.01. The zero-order valence-corrected chi connectivity index (χ0v) is 10.9. The highest BCUT2D eigenvalue weighted by Gasteiger charge is 2.41. The largest absolute Gasteiger partial charge is 0.459 e. The van der Waals surface area contributed by atoms with Crippen LogP contribution in [-0.2, 0) is 9.53 Å². The van der Waals surface area contributed by atoms with Crippen molar-refractivity contribution in [3.05, 3.63) is 0 Å². The van der Waals surface area contributed by atoms with Crippen LogP contribution in [0.4, 0.5) is 8.78 Å².